The van der Waals surface area contributed by atoms with Crippen LogP contribution in [0.25, 0.3) is 11.2 Å². The van der Waals surface area contributed by atoms with E-state index in [1.54, 1.807) is 17.7 Å². The zero-order chi connectivity index (χ0) is 14.4. The summed E-state index contributed by atoms with van der Waals surface area (Å²) in [4.78, 5) is 28.2. The fraction of sp³-hybridized carbons (Fsp3) is 0.333. The Kier molecular flexibility index (Phi) is 2.60. The van der Waals surface area contributed by atoms with Crippen LogP contribution >= 0.6 is 0 Å². The quantitative estimate of drug-likeness (QED) is 0.645. The number of nitrogens with zero attached hydrogens (tertiary/aromatic N) is 5. The minimum absolute atomic E-state index is 0.338. The summed E-state index contributed by atoms with van der Waals surface area (Å²) >= 11 is 0. The maximum atomic E-state index is 12.2. The van der Waals surface area contributed by atoms with Crippen LogP contribution in [0.1, 0.15) is 11.5 Å². The molecule has 3 heterocycles. The summed E-state index contributed by atoms with van der Waals surface area (Å²) < 4.78 is 9.19. The van der Waals surface area contributed by atoms with E-state index in [1.807, 2.05) is 6.92 Å². The number of imidazole rings is 1. The van der Waals surface area contributed by atoms with Gasteiger partial charge in [0.15, 0.2) is 16.9 Å². The Morgan fingerprint density at radius 2 is 2.00 bits per heavy atom. The van der Waals surface area contributed by atoms with E-state index in [-0.39, 0.29) is 5.56 Å². The maximum absolute atomic E-state index is 12.2. The van der Waals surface area contributed by atoms with Gasteiger partial charge in [0.25, 0.3) is 5.56 Å². The van der Waals surface area contributed by atoms with Gasteiger partial charge in [0.2, 0.25) is 0 Å². The largest absolute Gasteiger partial charge is 0.359 e. The lowest BCUT2D eigenvalue weighted by molar-refractivity contribution is 0.374. The Hall–Kier alpha value is -2.64. The number of hydrogen-bond donors (Lipinski definition) is 0. The third kappa shape index (κ3) is 1.68. The number of aromatic nitrogens is 5. The maximum Gasteiger partial charge on any atom is 0.332 e. The smallest absolute Gasteiger partial charge is 0.332 e. The fourth-order valence-corrected chi connectivity index (χ4v) is 2.18. The highest BCUT2D eigenvalue weighted by molar-refractivity contribution is 5.70. The van der Waals surface area contributed by atoms with Crippen LogP contribution in [-0.4, -0.2) is 23.8 Å². The summed E-state index contributed by atoms with van der Waals surface area (Å²) in [5, 5.41) is 3.80. The first-order chi connectivity index (χ1) is 9.49. The normalized spacial score (nSPS) is 11.3. The topological polar surface area (TPSA) is 87.9 Å². The van der Waals surface area contributed by atoms with E-state index in [2.05, 4.69) is 10.1 Å². The first-order valence-corrected chi connectivity index (χ1v) is 6.02. The molecule has 0 aliphatic carbocycles. The van der Waals surface area contributed by atoms with Crippen LogP contribution in [0, 0.1) is 6.92 Å². The van der Waals surface area contributed by atoms with Gasteiger partial charge < -0.3 is 9.09 Å². The molecule has 3 aromatic heterocycles. The average Bonchev–Trinajstić information content (AvgIpc) is 3.01. The van der Waals surface area contributed by atoms with Crippen LogP contribution in [0.2, 0.25) is 0 Å². The SMILES string of the molecule is Cc1cc(Cn2cnc3c2c(=O)n(C)c(=O)n3C)on1. The van der Waals surface area contributed by atoms with E-state index in [0.29, 0.717) is 23.5 Å². The minimum atomic E-state index is -0.400. The molecule has 20 heavy (non-hydrogen) atoms. The summed E-state index contributed by atoms with van der Waals surface area (Å²) in [6, 6.07) is 1.79. The molecule has 0 aliphatic heterocycles. The highest BCUT2D eigenvalue weighted by atomic mass is 16.5. The monoisotopic (exact) mass is 275 g/mol. The third-order valence-corrected chi connectivity index (χ3v) is 3.22. The molecule has 0 aliphatic rings. The van der Waals surface area contributed by atoms with Crippen molar-refractivity contribution >= 4 is 11.2 Å². The first kappa shape index (κ1) is 12.4. The molecule has 0 spiro atoms. The van der Waals surface area contributed by atoms with Crippen LogP contribution in [0.3, 0.4) is 0 Å². The second-order valence-electron chi connectivity index (χ2n) is 4.69. The van der Waals surface area contributed by atoms with Crippen molar-refractivity contribution < 1.29 is 4.52 Å². The Morgan fingerprint density at radius 3 is 2.65 bits per heavy atom. The lowest BCUT2D eigenvalue weighted by Gasteiger charge is -2.04. The zero-order valence-electron chi connectivity index (χ0n) is 11.3. The van der Waals surface area contributed by atoms with Crippen molar-refractivity contribution in [3.8, 4) is 0 Å². The molecule has 0 amide bonds. The molecular formula is C12H13N5O3. The van der Waals surface area contributed by atoms with Gasteiger partial charge in [-0.15, -0.1) is 0 Å². The minimum Gasteiger partial charge on any atom is -0.359 e. The Labute approximate surface area is 112 Å². The average molecular weight is 275 g/mol. The molecule has 0 fully saturated rings. The second-order valence-corrected chi connectivity index (χ2v) is 4.69. The lowest BCUT2D eigenvalue weighted by atomic mass is 10.4. The van der Waals surface area contributed by atoms with Gasteiger partial charge in [0, 0.05) is 20.2 Å². The molecule has 104 valence electrons. The Bertz CT molecular complexity index is 911. The number of hydrogen-bond acceptors (Lipinski definition) is 5. The van der Waals surface area contributed by atoms with Gasteiger partial charge in [-0.1, -0.05) is 5.16 Å². The van der Waals surface area contributed by atoms with Crippen LogP contribution < -0.4 is 11.2 Å². The molecule has 0 saturated carbocycles. The molecule has 3 rings (SSSR count). The standard InChI is InChI=1S/C12H13N5O3/c1-7-4-8(20-14-7)5-17-6-13-10-9(17)11(18)16(3)12(19)15(10)2/h4,6H,5H2,1-3H3. The van der Waals surface area contributed by atoms with E-state index in [0.717, 1.165) is 10.3 Å². The summed E-state index contributed by atoms with van der Waals surface area (Å²) in [6.45, 7) is 2.16. The Balaban J connectivity index is 2.23. The summed E-state index contributed by atoms with van der Waals surface area (Å²) in [7, 11) is 3.03. The van der Waals surface area contributed by atoms with Crippen molar-refractivity contribution in [1.29, 1.82) is 0 Å². The van der Waals surface area contributed by atoms with E-state index in [1.165, 1.54) is 17.9 Å². The van der Waals surface area contributed by atoms with Crippen molar-refractivity contribution in [2.75, 3.05) is 0 Å². The lowest BCUT2D eigenvalue weighted by Crippen LogP contribution is -2.37. The van der Waals surface area contributed by atoms with E-state index < -0.39 is 5.69 Å². The predicted molar refractivity (Wildman–Crippen MR) is 70.6 cm³/mol. The van der Waals surface area contributed by atoms with E-state index in [9.17, 15) is 9.59 Å². The van der Waals surface area contributed by atoms with Crippen molar-refractivity contribution in [2.45, 2.75) is 13.5 Å². The molecule has 3 aromatic rings. The number of fused-ring (bicyclic) bond motifs is 1. The highest BCUT2D eigenvalue weighted by Crippen LogP contribution is 2.10. The summed E-state index contributed by atoms with van der Waals surface area (Å²) in [6.07, 6.45) is 1.52. The molecule has 0 atom stereocenters. The van der Waals surface area contributed by atoms with Gasteiger partial charge in [0.05, 0.1) is 18.6 Å². The third-order valence-electron chi connectivity index (χ3n) is 3.22. The summed E-state index contributed by atoms with van der Waals surface area (Å²) in [5.41, 5.74) is 0.711. The van der Waals surface area contributed by atoms with Crippen molar-refractivity contribution in [3.63, 3.8) is 0 Å². The van der Waals surface area contributed by atoms with Gasteiger partial charge in [0.1, 0.15) is 0 Å². The highest BCUT2D eigenvalue weighted by Gasteiger charge is 2.15. The molecule has 8 heteroatoms. The number of aryl methyl sites for hydroxylation is 2. The van der Waals surface area contributed by atoms with E-state index in [4.69, 9.17) is 4.52 Å². The van der Waals surface area contributed by atoms with Crippen molar-refractivity contribution in [3.05, 3.63) is 44.7 Å². The molecule has 8 nitrogen and oxygen atoms in total. The van der Waals surface area contributed by atoms with Gasteiger partial charge in [-0.3, -0.25) is 13.9 Å². The molecule has 0 unspecified atom stereocenters. The van der Waals surface area contributed by atoms with Crippen LogP contribution in [0.4, 0.5) is 0 Å². The van der Waals surface area contributed by atoms with Crippen LogP contribution in [-0.2, 0) is 20.6 Å². The Morgan fingerprint density at radius 1 is 1.25 bits per heavy atom. The molecular weight excluding hydrogens is 262 g/mol. The predicted octanol–water partition coefficient (Wildman–Crippen LogP) is -0.222. The van der Waals surface area contributed by atoms with Crippen LogP contribution in [0.15, 0.2) is 26.5 Å². The van der Waals surface area contributed by atoms with E-state index >= 15 is 0 Å². The van der Waals surface area contributed by atoms with Crippen LogP contribution in [0.5, 0.6) is 0 Å². The molecule has 0 aromatic carbocycles. The second kappa shape index (κ2) is 4.19. The first-order valence-electron chi connectivity index (χ1n) is 6.02. The van der Waals surface area contributed by atoms with Gasteiger partial charge in [-0.2, -0.15) is 0 Å². The van der Waals surface area contributed by atoms with Crippen molar-refractivity contribution in [1.82, 2.24) is 23.8 Å². The van der Waals surface area contributed by atoms with Gasteiger partial charge in [-0.05, 0) is 6.92 Å². The van der Waals surface area contributed by atoms with Gasteiger partial charge in [-0.25, -0.2) is 9.78 Å². The molecule has 0 saturated heterocycles. The molecule has 0 N–H and O–H groups in total. The zero-order valence-corrected chi connectivity index (χ0v) is 11.3. The van der Waals surface area contributed by atoms with Gasteiger partial charge >= 0.3 is 5.69 Å². The molecule has 0 bridgehead atoms. The fourth-order valence-electron chi connectivity index (χ4n) is 2.18. The van der Waals surface area contributed by atoms with Crippen molar-refractivity contribution in [2.24, 2.45) is 14.1 Å². The molecule has 0 radical (unpaired) electrons. The number of rotatable bonds is 2. The summed E-state index contributed by atoms with van der Waals surface area (Å²) in [5.74, 6) is 0.623.